The number of nitrogens with zero attached hydrogens (tertiary/aromatic N) is 1. The highest BCUT2D eigenvalue weighted by molar-refractivity contribution is 5.89. The molecule has 1 aliphatic heterocycles. The third-order valence-corrected chi connectivity index (χ3v) is 4.46. The summed E-state index contributed by atoms with van der Waals surface area (Å²) < 4.78 is 2.27. The van der Waals surface area contributed by atoms with E-state index in [9.17, 15) is 0 Å². The Hall–Kier alpha value is -1.54. The Morgan fingerprint density at radius 3 is 3.11 bits per heavy atom. The molecule has 0 saturated heterocycles. The first-order valence-corrected chi connectivity index (χ1v) is 6.71. The molecule has 1 aliphatic carbocycles. The van der Waals surface area contributed by atoms with E-state index in [1.165, 1.54) is 27.6 Å². The van der Waals surface area contributed by atoms with Gasteiger partial charge in [-0.05, 0) is 30.5 Å². The summed E-state index contributed by atoms with van der Waals surface area (Å²) >= 11 is 0. The number of hydrogen-bond acceptors (Lipinski definition) is 1. The topological polar surface area (TPSA) is 17.0 Å². The molecule has 2 aliphatic rings. The molecule has 0 spiro atoms. The van der Waals surface area contributed by atoms with E-state index in [4.69, 9.17) is 0 Å². The molecule has 2 heterocycles. The summed E-state index contributed by atoms with van der Waals surface area (Å²) in [5.41, 5.74) is 5.85. The summed E-state index contributed by atoms with van der Waals surface area (Å²) in [5, 5.41) is 5.18. The average Bonchev–Trinajstić information content (AvgIpc) is 2.69. The number of fused-ring (bicyclic) bond motifs is 2. The van der Waals surface area contributed by atoms with Gasteiger partial charge in [0.25, 0.3) is 0 Å². The van der Waals surface area contributed by atoms with E-state index in [0.29, 0.717) is 12.0 Å². The van der Waals surface area contributed by atoms with Gasteiger partial charge >= 0.3 is 0 Å². The quantitative estimate of drug-likeness (QED) is 0.698. The molecular formula is C16H18N2. The molecule has 0 amide bonds. The first kappa shape index (κ1) is 10.4. The lowest BCUT2D eigenvalue weighted by Crippen LogP contribution is -2.42. The van der Waals surface area contributed by atoms with Gasteiger partial charge in [0.05, 0.1) is 0 Å². The third kappa shape index (κ3) is 1.27. The van der Waals surface area contributed by atoms with Gasteiger partial charge in [-0.2, -0.15) is 0 Å². The van der Waals surface area contributed by atoms with Crippen LogP contribution in [0, 0.1) is 0 Å². The van der Waals surface area contributed by atoms with Crippen LogP contribution in [-0.4, -0.2) is 17.2 Å². The maximum atomic E-state index is 3.69. The highest BCUT2D eigenvalue weighted by Gasteiger charge is 2.32. The molecular weight excluding hydrogens is 220 g/mol. The summed E-state index contributed by atoms with van der Waals surface area (Å²) in [6.45, 7) is 3.27. The Labute approximate surface area is 107 Å². The van der Waals surface area contributed by atoms with Crippen molar-refractivity contribution in [3.63, 3.8) is 0 Å². The Bertz CT molecular complexity index is 663. The van der Waals surface area contributed by atoms with Crippen molar-refractivity contribution in [1.82, 2.24) is 9.88 Å². The molecule has 0 bridgehead atoms. The van der Waals surface area contributed by atoms with Crippen LogP contribution in [0.15, 0.2) is 36.0 Å². The number of hydrogen-bond donors (Lipinski definition) is 1. The van der Waals surface area contributed by atoms with Crippen LogP contribution in [0.1, 0.15) is 24.0 Å². The minimum Gasteiger partial charge on any atom is -0.350 e. The summed E-state index contributed by atoms with van der Waals surface area (Å²) in [4.78, 5) is 0. The highest BCUT2D eigenvalue weighted by atomic mass is 15.0. The van der Waals surface area contributed by atoms with Gasteiger partial charge in [0.1, 0.15) is 0 Å². The van der Waals surface area contributed by atoms with Crippen molar-refractivity contribution in [2.24, 2.45) is 7.05 Å². The molecule has 0 saturated carbocycles. The zero-order chi connectivity index (χ0) is 12.3. The van der Waals surface area contributed by atoms with Gasteiger partial charge in [0.15, 0.2) is 0 Å². The molecule has 1 aromatic heterocycles. The van der Waals surface area contributed by atoms with Crippen molar-refractivity contribution in [3.05, 3.63) is 47.2 Å². The molecule has 92 valence electrons. The molecule has 2 nitrogen and oxygen atoms in total. The third-order valence-electron chi connectivity index (χ3n) is 4.46. The number of nitrogens with one attached hydrogen (secondary N) is 1. The lowest BCUT2D eigenvalue weighted by Gasteiger charge is -2.35. The van der Waals surface area contributed by atoms with E-state index in [2.05, 4.69) is 54.3 Å². The largest absolute Gasteiger partial charge is 0.350 e. The van der Waals surface area contributed by atoms with Crippen LogP contribution in [0.4, 0.5) is 0 Å². The second kappa shape index (κ2) is 3.48. The number of benzene rings is 1. The molecule has 2 atom stereocenters. The zero-order valence-corrected chi connectivity index (χ0v) is 10.9. The normalized spacial score (nSPS) is 26.0. The van der Waals surface area contributed by atoms with Gasteiger partial charge in [-0.1, -0.05) is 23.8 Å². The van der Waals surface area contributed by atoms with Gasteiger partial charge in [-0.15, -0.1) is 0 Å². The van der Waals surface area contributed by atoms with E-state index in [-0.39, 0.29) is 0 Å². The van der Waals surface area contributed by atoms with E-state index in [1.807, 2.05) is 0 Å². The lowest BCUT2D eigenvalue weighted by atomic mass is 9.77. The first-order chi connectivity index (χ1) is 8.74. The fraction of sp³-hybridized carbons (Fsp3) is 0.375. The predicted molar refractivity (Wildman–Crippen MR) is 74.9 cm³/mol. The standard InChI is InChI=1S/C16H18N2/c1-10-6-13-12-4-3-5-15-16(12)11(9-18(15)2)7-14(13)17-8-10/h3-6,9,13-14,17H,7-8H2,1-2H3. The summed E-state index contributed by atoms with van der Waals surface area (Å²) in [7, 11) is 2.15. The van der Waals surface area contributed by atoms with E-state index in [1.54, 1.807) is 0 Å². The van der Waals surface area contributed by atoms with Crippen LogP contribution in [0.5, 0.6) is 0 Å². The van der Waals surface area contributed by atoms with Crippen molar-refractivity contribution >= 4 is 10.9 Å². The molecule has 0 radical (unpaired) electrons. The van der Waals surface area contributed by atoms with Crippen LogP contribution in [0.2, 0.25) is 0 Å². The minimum absolute atomic E-state index is 0.553. The number of rotatable bonds is 0. The van der Waals surface area contributed by atoms with E-state index in [0.717, 1.165) is 13.0 Å². The first-order valence-electron chi connectivity index (χ1n) is 6.71. The molecule has 0 fully saturated rings. The second-order valence-corrected chi connectivity index (χ2v) is 5.74. The fourth-order valence-corrected chi connectivity index (χ4v) is 3.64. The van der Waals surface area contributed by atoms with Gasteiger partial charge in [0, 0.05) is 42.7 Å². The minimum atomic E-state index is 0.553. The Kier molecular flexibility index (Phi) is 2.01. The molecule has 2 aromatic rings. The van der Waals surface area contributed by atoms with Crippen molar-refractivity contribution in [1.29, 1.82) is 0 Å². The zero-order valence-electron chi connectivity index (χ0n) is 10.9. The Morgan fingerprint density at radius 1 is 1.33 bits per heavy atom. The monoisotopic (exact) mass is 238 g/mol. The smallest absolute Gasteiger partial charge is 0.0483 e. The van der Waals surface area contributed by atoms with E-state index < -0.39 is 0 Å². The summed E-state index contributed by atoms with van der Waals surface area (Å²) in [6.07, 6.45) is 5.92. The lowest BCUT2D eigenvalue weighted by molar-refractivity contribution is 0.462. The molecule has 1 aromatic carbocycles. The van der Waals surface area contributed by atoms with Crippen LogP contribution < -0.4 is 5.32 Å². The van der Waals surface area contributed by atoms with Gasteiger partial charge < -0.3 is 9.88 Å². The highest BCUT2D eigenvalue weighted by Crippen LogP contribution is 2.39. The Balaban J connectivity index is 2.03. The fourth-order valence-electron chi connectivity index (χ4n) is 3.64. The van der Waals surface area contributed by atoms with Crippen molar-refractivity contribution in [2.75, 3.05) is 6.54 Å². The number of aryl methyl sites for hydroxylation is 1. The average molecular weight is 238 g/mol. The van der Waals surface area contributed by atoms with Gasteiger partial charge in [-0.25, -0.2) is 0 Å². The second-order valence-electron chi connectivity index (χ2n) is 5.74. The van der Waals surface area contributed by atoms with Crippen molar-refractivity contribution in [2.45, 2.75) is 25.3 Å². The summed E-state index contributed by atoms with van der Waals surface area (Å²) in [5.74, 6) is 0.553. The molecule has 2 unspecified atom stereocenters. The van der Waals surface area contributed by atoms with Crippen molar-refractivity contribution in [3.8, 4) is 0 Å². The van der Waals surface area contributed by atoms with E-state index >= 15 is 0 Å². The Morgan fingerprint density at radius 2 is 2.22 bits per heavy atom. The van der Waals surface area contributed by atoms with Gasteiger partial charge in [-0.3, -0.25) is 0 Å². The predicted octanol–water partition coefficient (Wildman–Crippen LogP) is 2.74. The van der Waals surface area contributed by atoms with Crippen molar-refractivity contribution < 1.29 is 0 Å². The van der Waals surface area contributed by atoms with Crippen LogP contribution >= 0.6 is 0 Å². The maximum Gasteiger partial charge on any atom is 0.0483 e. The van der Waals surface area contributed by atoms with Gasteiger partial charge in [0.2, 0.25) is 0 Å². The SMILES string of the molecule is CC1=CC2c3cccc4c3c(cn4C)CC2NC1. The summed E-state index contributed by atoms with van der Waals surface area (Å²) in [6, 6.07) is 7.31. The molecule has 18 heavy (non-hydrogen) atoms. The van der Waals surface area contributed by atoms with Crippen LogP contribution in [0.3, 0.4) is 0 Å². The number of aromatic nitrogens is 1. The van der Waals surface area contributed by atoms with Crippen LogP contribution in [-0.2, 0) is 13.5 Å². The molecule has 4 rings (SSSR count). The molecule has 1 N–H and O–H groups in total. The maximum absolute atomic E-state index is 3.69. The molecule has 2 heteroatoms. The van der Waals surface area contributed by atoms with Crippen LogP contribution in [0.25, 0.3) is 10.9 Å².